The number of hydrogen-bond donors (Lipinski definition) is 0. The molecule has 1 unspecified atom stereocenters. The first-order valence-electron chi connectivity index (χ1n) is 7.96. The Morgan fingerprint density at radius 2 is 1.95 bits per heavy atom. The van der Waals surface area contributed by atoms with E-state index in [4.69, 9.17) is 4.74 Å². The molecule has 22 heavy (non-hydrogen) atoms. The first kappa shape index (κ1) is 16.7. The third-order valence-corrected chi connectivity index (χ3v) is 3.75. The standard InChI is InChI=1S/C17H27N3O2/c1-14(15-7-5-6-8-18-15)13-19-9-11-20(12-10-19)16(21)22-17(2,3)4/h5-8,14H,9-13H2,1-4H3. The highest BCUT2D eigenvalue weighted by Crippen LogP contribution is 2.16. The molecule has 0 saturated carbocycles. The number of pyridine rings is 1. The Kier molecular flexibility index (Phi) is 5.40. The normalized spacial score (nSPS) is 18.1. The van der Waals surface area contributed by atoms with E-state index < -0.39 is 5.60 Å². The van der Waals surface area contributed by atoms with E-state index in [0.717, 1.165) is 38.4 Å². The van der Waals surface area contributed by atoms with E-state index in [-0.39, 0.29) is 6.09 Å². The Hall–Kier alpha value is -1.62. The van der Waals surface area contributed by atoms with Crippen LogP contribution in [0, 0.1) is 0 Å². The molecular weight excluding hydrogens is 278 g/mol. The van der Waals surface area contributed by atoms with E-state index in [9.17, 15) is 4.79 Å². The van der Waals surface area contributed by atoms with Crippen LogP contribution in [0.5, 0.6) is 0 Å². The predicted molar refractivity (Wildman–Crippen MR) is 86.9 cm³/mol. The molecule has 122 valence electrons. The van der Waals surface area contributed by atoms with Crippen LogP contribution in [-0.4, -0.2) is 59.2 Å². The zero-order chi connectivity index (χ0) is 16.2. The fourth-order valence-electron chi connectivity index (χ4n) is 2.59. The monoisotopic (exact) mass is 305 g/mol. The van der Waals surface area contributed by atoms with Crippen molar-refractivity contribution >= 4 is 6.09 Å². The lowest BCUT2D eigenvalue weighted by atomic mass is 10.1. The number of nitrogens with zero attached hydrogens (tertiary/aromatic N) is 3. The zero-order valence-electron chi connectivity index (χ0n) is 14.1. The van der Waals surface area contributed by atoms with Gasteiger partial charge < -0.3 is 9.64 Å². The molecule has 0 N–H and O–H groups in total. The summed E-state index contributed by atoms with van der Waals surface area (Å²) in [5, 5.41) is 0. The highest BCUT2D eigenvalue weighted by atomic mass is 16.6. The molecule has 2 rings (SSSR count). The topological polar surface area (TPSA) is 45.7 Å². The second-order valence-corrected chi connectivity index (χ2v) is 6.92. The van der Waals surface area contributed by atoms with Crippen LogP contribution in [0.2, 0.25) is 0 Å². The van der Waals surface area contributed by atoms with Crippen molar-refractivity contribution in [2.24, 2.45) is 0 Å². The van der Waals surface area contributed by atoms with Crippen LogP contribution >= 0.6 is 0 Å². The second-order valence-electron chi connectivity index (χ2n) is 6.92. The van der Waals surface area contributed by atoms with Crippen LogP contribution < -0.4 is 0 Å². The second kappa shape index (κ2) is 7.09. The third kappa shape index (κ3) is 4.98. The van der Waals surface area contributed by atoms with Gasteiger partial charge in [0.05, 0.1) is 0 Å². The van der Waals surface area contributed by atoms with Crippen LogP contribution in [0.25, 0.3) is 0 Å². The number of amides is 1. The lowest BCUT2D eigenvalue weighted by Crippen LogP contribution is -2.50. The molecule has 5 nitrogen and oxygen atoms in total. The number of carbonyl (C=O) groups is 1. The van der Waals surface area contributed by atoms with E-state index in [1.807, 2.05) is 39.1 Å². The Morgan fingerprint density at radius 1 is 1.27 bits per heavy atom. The number of carbonyl (C=O) groups excluding carboxylic acids is 1. The first-order valence-corrected chi connectivity index (χ1v) is 7.96. The summed E-state index contributed by atoms with van der Waals surface area (Å²) in [5.74, 6) is 0.397. The Labute approximate surface area is 133 Å². The van der Waals surface area contributed by atoms with Crippen molar-refractivity contribution in [1.29, 1.82) is 0 Å². The fourth-order valence-corrected chi connectivity index (χ4v) is 2.59. The van der Waals surface area contributed by atoms with E-state index in [0.29, 0.717) is 5.92 Å². The van der Waals surface area contributed by atoms with E-state index in [1.54, 1.807) is 4.90 Å². The van der Waals surface area contributed by atoms with Crippen molar-refractivity contribution in [3.05, 3.63) is 30.1 Å². The molecular formula is C17H27N3O2. The SMILES string of the molecule is CC(CN1CCN(C(=O)OC(C)(C)C)CC1)c1ccccn1. The summed E-state index contributed by atoms with van der Waals surface area (Å²) >= 11 is 0. The van der Waals surface area contributed by atoms with Crippen molar-refractivity contribution < 1.29 is 9.53 Å². The maximum Gasteiger partial charge on any atom is 0.410 e. The van der Waals surface area contributed by atoms with E-state index in [1.165, 1.54) is 0 Å². The minimum Gasteiger partial charge on any atom is -0.444 e. The van der Waals surface area contributed by atoms with Crippen LogP contribution in [0.4, 0.5) is 4.79 Å². The fraction of sp³-hybridized carbons (Fsp3) is 0.647. The van der Waals surface area contributed by atoms with Crippen molar-refractivity contribution in [2.45, 2.75) is 39.2 Å². The van der Waals surface area contributed by atoms with Crippen molar-refractivity contribution in [3.63, 3.8) is 0 Å². The maximum absolute atomic E-state index is 12.0. The van der Waals surface area contributed by atoms with E-state index in [2.05, 4.69) is 22.9 Å². The van der Waals surface area contributed by atoms with Gasteiger partial charge in [0.15, 0.2) is 0 Å². The quantitative estimate of drug-likeness (QED) is 0.861. The lowest BCUT2D eigenvalue weighted by molar-refractivity contribution is 0.0142. The molecule has 1 saturated heterocycles. The molecule has 0 bridgehead atoms. The van der Waals surface area contributed by atoms with Crippen LogP contribution in [0.1, 0.15) is 39.3 Å². The van der Waals surface area contributed by atoms with Crippen LogP contribution in [0.3, 0.4) is 0 Å². The largest absolute Gasteiger partial charge is 0.444 e. The molecule has 1 fully saturated rings. The predicted octanol–water partition coefficient (Wildman–Crippen LogP) is 2.74. The molecule has 0 radical (unpaired) electrons. The number of piperazine rings is 1. The van der Waals surface area contributed by atoms with Gasteiger partial charge in [0.1, 0.15) is 5.60 Å². The Balaban J connectivity index is 1.79. The molecule has 5 heteroatoms. The molecule has 0 aromatic carbocycles. The summed E-state index contributed by atoms with van der Waals surface area (Å²) in [7, 11) is 0. The first-order chi connectivity index (χ1) is 10.3. The highest BCUT2D eigenvalue weighted by molar-refractivity contribution is 5.68. The number of ether oxygens (including phenoxy) is 1. The highest BCUT2D eigenvalue weighted by Gasteiger charge is 2.26. The number of hydrogen-bond acceptors (Lipinski definition) is 4. The van der Waals surface area contributed by atoms with Crippen LogP contribution in [0.15, 0.2) is 24.4 Å². The molecule has 1 aliphatic heterocycles. The third-order valence-electron chi connectivity index (χ3n) is 3.75. The Bertz CT molecular complexity index is 476. The minimum atomic E-state index is -0.429. The molecule has 1 aromatic heterocycles. The van der Waals surface area contributed by atoms with Gasteiger partial charge in [-0.2, -0.15) is 0 Å². The molecule has 1 amide bonds. The van der Waals surface area contributed by atoms with Crippen molar-refractivity contribution in [1.82, 2.24) is 14.8 Å². The maximum atomic E-state index is 12.0. The van der Waals surface area contributed by atoms with Gasteiger partial charge in [-0.3, -0.25) is 9.88 Å². The Morgan fingerprint density at radius 3 is 2.50 bits per heavy atom. The molecule has 1 aromatic rings. The van der Waals surface area contributed by atoms with Gasteiger partial charge in [0.25, 0.3) is 0 Å². The van der Waals surface area contributed by atoms with Gasteiger partial charge in [0.2, 0.25) is 0 Å². The molecule has 1 aliphatic rings. The van der Waals surface area contributed by atoms with E-state index >= 15 is 0 Å². The molecule has 0 aliphatic carbocycles. The van der Waals surface area contributed by atoms with Gasteiger partial charge >= 0.3 is 6.09 Å². The summed E-state index contributed by atoms with van der Waals surface area (Å²) in [5.41, 5.74) is 0.693. The molecule has 2 heterocycles. The lowest BCUT2D eigenvalue weighted by Gasteiger charge is -2.36. The zero-order valence-corrected chi connectivity index (χ0v) is 14.1. The number of aromatic nitrogens is 1. The van der Waals surface area contributed by atoms with Crippen LogP contribution in [-0.2, 0) is 4.74 Å². The summed E-state index contributed by atoms with van der Waals surface area (Å²) in [6.07, 6.45) is 1.64. The van der Waals surface area contributed by atoms with Gasteiger partial charge in [0, 0.05) is 50.5 Å². The number of rotatable bonds is 3. The summed E-state index contributed by atoms with van der Waals surface area (Å²) in [6.45, 7) is 12.1. The van der Waals surface area contributed by atoms with Crippen molar-refractivity contribution in [2.75, 3.05) is 32.7 Å². The van der Waals surface area contributed by atoms with Gasteiger partial charge in [-0.15, -0.1) is 0 Å². The van der Waals surface area contributed by atoms with Gasteiger partial charge in [-0.05, 0) is 32.9 Å². The molecule has 0 spiro atoms. The molecule has 1 atom stereocenters. The smallest absolute Gasteiger partial charge is 0.410 e. The summed E-state index contributed by atoms with van der Waals surface area (Å²) in [4.78, 5) is 20.6. The minimum absolute atomic E-state index is 0.204. The average Bonchev–Trinajstić information content (AvgIpc) is 2.47. The summed E-state index contributed by atoms with van der Waals surface area (Å²) < 4.78 is 5.42. The summed E-state index contributed by atoms with van der Waals surface area (Å²) in [6, 6.07) is 6.04. The average molecular weight is 305 g/mol. The van der Waals surface area contributed by atoms with Gasteiger partial charge in [-0.25, -0.2) is 4.79 Å². The van der Waals surface area contributed by atoms with Crippen molar-refractivity contribution in [3.8, 4) is 0 Å². The van der Waals surface area contributed by atoms with Gasteiger partial charge in [-0.1, -0.05) is 13.0 Å².